The zero-order valence-corrected chi connectivity index (χ0v) is 10.2. The lowest BCUT2D eigenvalue weighted by Gasteiger charge is -2.11. The van der Waals surface area contributed by atoms with Gasteiger partial charge in [0.05, 0.1) is 14.2 Å². The van der Waals surface area contributed by atoms with Gasteiger partial charge in [-0.2, -0.15) is 4.98 Å². The molecule has 1 aromatic carbocycles. The van der Waals surface area contributed by atoms with E-state index in [0.29, 0.717) is 22.9 Å². The van der Waals surface area contributed by atoms with Gasteiger partial charge in [0.2, 0.25) is 5.95 Å². The van der Waals surface area contributed by atoms with E-state index in [0.717, 1.165) is 5.56 Å². The monoisotopic (exact) mass is 246 g/mol. The summed E-state index contributed by atoms with van der Waals surface area (Å²) in [5.41, 5.74) is 12.8. The van der Waals surface area contributed by atoms with Crippen LogP contribution in [0.3, 0.4) is 0 Å². The fraction of sp³-hybridized carbons (Fsp3) is 0.167. The molecule has 0 aliphatic carbocycles. The molecule has 0 spiro atoms. The van der Waals surface area contributed by atoms with Crippen LogP contribution in [0.25, 0.3) is 11.1 Å². The van der Waals surface area contributed by atoms with E-state index in [1.165, 1.54) is 0 Å². The normalized spacial score (nSPS) is 10.1. The van der Waals surface area contributed by atoms with Crippen molar-refractivity contribution in [3.63, 3.8) is 0 Å². The van der Waals surface area contributed by atoms with E-state index < -0.39 is 0 Å². The third-order valence-electron chi connectivity index (χ3n) is 2.54. The fourth-order valence-electron chi connectivity index (χ4n) is 1.64. The van der Waals surface area contributed by atoms with Crippen LogP contribution in [-0.4, -0.2) is 24.2 Å². The second-order valence-electron chi connectivity index (χ2n) is 3.59. The molecule has 0 aliphatic rings. The van der Waals surface area contributed by atoms with Crippen molar-refractivity contribution >= 4 is 11.8 Å². The van der Waals surface area contributed by atoms with Crippen molar-refractivity contribution in [3.8, 4) is 22.6 Å². The molecular weight excluding hydrogens is 232 g/mol. The number of nitrogens with two attached hydrogens (primary N) is 2. The van der Waals surface area contributed by atoms with Crippen LogP contribution in [0.2, 0.25) is 0 Å². The van der Waals surface area contributed by atoms with E-state index in [1.54, 1.807) is 26.5 Å². The van der Waals surface area contributed by atoms with Crippen molar-refractivity contribution in [1.82, 2.24) is 9.97 Å². The molecule has 0 saturated carbocycles. The predicted octanol–water partition coefficient (Wildman–Crippen LogP) is 1.33. The van der Waals surface area contributed by atoms with Gasteiger partial charge in [0.25, 0.3) is 0 Å². The van der Waals surface area contributed by atoms with Crippen LogP contribution >= 0.6 is 0 Å². The van der Waals surface area contributed by atoms with E-state index in [4.69, 9.17) is 20.9 Å². The van der Waals surface area contributed by atoms with Gasteiger partial charge in [-0.1, -0.05) is 0 Å². The molecular formula is C12H14N4O2. The lowest BCUT2D eigenvalue weighted by molar-refractivity contribution is 0.395. The highest BCUT2D eigenvalue weighted by atomic mass is 16.5. The molecule has 4 N–H and O–H groups in total. The van der Waals surface area contributed by atoms with Crippen molar-refractivity contribution in [2.75, 3.05) is 25.7 Å². The molecule has 0 saturated heterocycles. The quantitative estimate of drug-likeness (QED) is 0.848. The Kier molecular flexibility index (Phi) is 3.18. The van der Waals surface area contributed by atoms with Crippen molar-refractivity contribution in [2.24, 2.45) is 0 Å². The Bertz CT molecular complexity index is 572. The number of nitrogens with zero attached hydrogens (tertiary/aromatic N) is 2. The van der Waals surface area contributed by atoms with E-state index in [2.05, 4.69) is 9.97 Å². The van der Waals surface area contributed by atoms with Gasteiger partial charge in [-0.25, -0.2) is 4.98 Å². The smallest absolute Gasteiger partial charge is 0.221 e. The maximum absolute atomic E-state index is 5.83. The van der Waals surface area contributed by atoms with Crippen LogP contribution in [0.4, 0.5) is 11.8 Å². The highest BCUT2D eigenvalue weighted by Gasteiger charge is 2.11. The molecule has 0 amide bonds. The minimum Gasteiger partial charge on any atom is -0.497 e. The van der Waals surface area contributed by atoms with Gasteiger partial charge in [0.15, 0.2) is 0 Å². The third-order valence-corrected chi connectivity index (χ3v) is 2.54. The number of benzene rings is 1. The maximum Gasteiger partial charge on any atom is 0.221 e. The molecule has 2 aromatic rings. The number of ether oxygens (including phenoxy) is 2. The first-order valence-corrected chi connectivity index (χ1v) is 5.26. The number of hydrogen-bond donors (Lipinski definition) is 2. The second kappa shape index (κ2) is 4.79. The highest BCUT2D eigenvalue weighted by molar-refractivity contribution is 5.78. The van der Waals surface area contributed by atoms with E-state index in [9.17, 15) is 0 Å². The molecule has 0 aliphatic heterocycles. The first kappa shape index (κ1) is 12.0. The SMILES string of the molecule is COc1ccc(-c2cnc(N)nc2N)c(OC)c1. The first-order chi connectivity index (χ1) is 8.65. The summed E-state index contributed by atoms with van der Waals surface area (Å²) in [6.45, 7) is 0. The molecule has 0 radical (unpaired) electrons. The molecule has 94 valence electrons. The molecule has 0 fully saturated rings. The van der Waals surface area contributed by atoms with Crippen LogP contribution in [-0.2, 0) is 0 Å². The summed E-state index contributed by atoms with van der Waals surface area (Å²) in [5, 5.41) is 0. The minimum atomic E-state index is 0.142. The Morgan fingerprint density at radius 2 is 1.83 bits per heavy atom. The largest absolute Gasteiger partial charge is 0.497 e. The van der Waals surface area contributed by atoms with Gasteiger partial charge in [0, 0.05) is 23.4 Å². The molecule has 6 heteroatoms. The summed E-state index contributed by atoms with van der Waals surface area (Å²) in [7, 11) is 3.17. The number of aromatic nitrogens is 2. The van der Waals surface area contributed by atoms with Crippen molar-refractivity contribution in [3.05, 3.63) is 24.4 Å². The maximum atomic E-state index is 5.83. The average Bonchev–Trinajstić information content (AvgIpc) is 2.38. The van der Waals surface area contributed by atoms with E-state index >= 15 is 0 Å². The van der Waals surface area contributed by atoms with Gasteiger partial charge in [-0.15, -0.1) is 0 Å². The summed E-state index contributed by atoms with van der Waals surface area (Å²) >= 11 is 0. The average molecular weight is 246 g/mol. The molecule has 1 heterocycles. The Balaban J connectivity index is 2.56. The molecule has 18 heavy (non-hydrogen) atoms. The molecule has 6 nitrogen and oxygen atoms in total. The van der Waals surface area contributed by atoms with Crippen LogP contribution in [0.15, 0.2) is 24.4 Å². The molecule has 1 aromatic heterocycles. The Morgan fingerprint density at radius 3 is 2.44 bits per heavy atom. The van der Waals surface area contributed by atoms with Gasteiger partial charge in [-0.3, -0.25) is 0 Å². The van der Waals surface area contributed by atoms with Gasteiger partial charge < -0.3 is 20.9 Å². The van der Waals surface area contributed by atoms with Gasteiger partial charge in [-0.05, 0) is 12.1 Å². The second-order valence-corrected chi connectivity index (χ2v) is 3.59. The lowest BCUT2D eigenvalue weighted by atomic mass is 10.1. The molecule has 0 bridgehead atoms. The summed E-state index contributed by atoms with van der Waals surface area (Å²) in [6.07, 6.45) is 1.57. The summed E-state index contributed by atoms with van der Waals surface area (Å²) in [6, 6.07) is 5.42. The van der Waals surface area contributed by atoms with E-state index in [-0.39, 0.29) is 5.95 Å². The van der Waals surface area contributed by atoms with Gasteiger partial charge >= 0.3 is 0 Å². The number of rotatable bonds is 3. The summed E-state index contributed by atoms with van der Waals surface area (Å²) in [4.78, 5) is 7.86. The summed E-state index contributed by atoms with van der Waals surface area (Å²) in [5.74, 6) is 1.79. The molecule has 0 unspecified atom stereocenters. The number of anilines is 2. The van der Waals surface area contributed by atoms with Crippen LogP contribution in [0.5, 0.6) is 11.5 Å². The summed E-state index contributed by atoms with van der Waals surface area (Å²) < 4.78 is 10.4. The Hall–Kier alpha value is -2.50. The standard InChI is InChI=1S/C12H14N4O2/c1-17-7-3-4-8(10(5-7)18-2)9-6-15-12(14)16-11(9)13/h3-6H,1-2H3,(H4,13,14,15,16). The fourth-order valence-corrected chi connectivity index (χ4v) is 1.64. The molecule has 0 atom stereocenters. The predicted molar refractivity (Wildman–Crippen MR) is 69.4 cm³/mol. The number of nitrogen functional groups attached to an aromatic ring is 2. The van der Waals surface area contributed by atoms with Crippen molar-refractivity contribution in [1.29, 1.82) is 0 Å². The van der Waals surface area contributed by atoms with Crippen molar-refractivity contribution < 1.29 is 9.47 Å². The van der Waals surface area contributed by atoms with Crippen LogP contribution in [0.1, 0.15) is 0 Å². The third kappa shape index (κ3) is 2.13. The van der Waals surface area contributed by atoms with Crippen LogP contribution < -0.4 is 20.9 Å². The highest BCUT2D eigenvalue weighted by Crippen LogP contribution is 2.35. The van der Waals surface area contributed by atoms with Crippen LogP contribution in [0, 0.1) is 0 Å². The van der Waals surface area contributed by atoms with E-state index in [1.807, 2.05) is 12.1 Å². The topological polar surface area (TPSA) is 96.3 Å². The number of methoxy groups -OCH3 is 2. The lowest BCUT2D eigenvalue weighted by Crippen LogP contribution is -2.01. The minimum absolute atomic E-state index is 0.142. The Labute approximate surface area is 105 Å². The Morgan fingerprint density at radius 1 is 1.06 bits per heavy atom. The van der Waals surface area contributed by atoms with Crippen molar-refractivity contribution in [2.45, 2.75) is 0 Å². The first-order valence-electron chi connectivity index (χ1n) is 5.26. The zero-order chi connectivity index (χ0) is 13.1. The molecule has 2 rings (SSSR count). The number of hydrogen-bond acceptors (Lipinski definition) is 6. The van der Waals surface area contributed by atoms with Gasteiger partial charge in [0.1, 0.15) is 17.3 Å². The zero-order valence-electron chi connectivity index (χ0n) is 10.2.